The molecule has 1 aromatic carbocycles. The molecule has 2 aromatic rings. The number of allylic oxidation sites excluding steroid dienone is 1. The number of nitrogens with zero attached hydrogens (tertiary/aromatic N) is 3. The molecule has 0 bridgehead atoms. The normalized spacial score (nSPS) is 10.4. The minimum Gasteiger partial charge on any atom is -0.493 e. The van der Waals surface area contributed by atoms with Crippen LogP contribution in [0, 0.1) is 0 Å². The first kappa shape index (κ1) is 20.6. The Hall–Kier alpha value is -2.68. The predicted molar refractivity (Wildman–Crippen MR) is 103 cm³/mol. The van der Waals surface area contributed by atoms with Crippen LogP contribution in [0.25, 0.3) is 11.4 Å². The summed E-state index contributed by atoms with van der Waals surface area (Å²) in [4.78, 5) is 11.6. The topological polar surface area (TPSA) is 84.7 Å². The molecule has 0 saturated carbocycles. The molecule has 0 atom stereocenters. The van der Waals surface area contributed by atoms with Gasteiger partial charge in [-0.3, -0.25) is 9.36 Å². The van der Waals surface area contributed by atoms with Crippen molar-refractivity contribution in [3.8, 4) is 28.6 Å². The maximum absolute atomic E-state index is 11.6. The van der Waals surface area contributed by atoms with E-state index >= 15 is 0 Å². The molecule has 0 aliphatic carbocycles. The molecular weight excluding hydrogens is 370 g/mol. The molecule has 0 aliphatic rings. The van der Waals surface area contributed by atoms with Gasteiger partial charge in [0.1, 0.15) is 0 Å². The van der Waals surface area contributed by atoms with E-state index in [9.17, 15) is 4.79 Å². The predicted octanol–water partition coefficient (Wildman–Crippen LogP) is 2.81. The number of benzene rings is 1. The monoisotopic (exact) mass is 393 g/mol. The molecule has 27 heavy (non-hydrogen) atoms. The lowest BCUT2D eigenvalue weighted by Crippen LogP contribution is -2.08. The van der Waals surface area contributed by atoms with Gasteiger partial charge in [0.2, 0.25) is 5.75 Å². The lowest BCUT2D eigenvalue weighted by atomic mass is 10.1. The van der Waals surface area contributed by atoms with Gasteiger partial charge in [0.25, 0.3) is 0 Å². The molecule has 1 heterocycles. The molecule has 0 radical (unpaired) electrons. The quantitative estimate of drug-likeness (QED) is 0.346. The van der Waals surface area contributed by atoms with Crippen LogP contribution in [0.2, 0.25) is 0 Å². The maximum Gasteiger partial charge on any atom is 0.316 e. The molecular formula is C18H23N3O5S. The van der Waals surface area contributed by atoms with Gasteiger partial charge in [-0.2, -0.15) is 0 Å². The zero-order valence-electron chi connectivity index (χ0n) is 15.9. The fourth-order valence-corrected chi connectivity index (χ4v) is 3.18. The van der Waals surface area contributed by atoms with E-state index in [2.05, 4.69) is 16.8 Å². The Kier molecular flexibility index (Phi) is 7.54. The van der Waals surface area contributed by atoms with Gasteiger partial charge in [0.05, 0.1) is 33.7 Å². The second-order valence-electron chi connectivity index (χ2n) is 5.21. The van der Waals surface area contributed by atoms with Gasteiger partial charge >= 0.3 is 5.97 Å². The molecule has 0 aliphatic heterocycles. The third kappa shape index (κ3) is 4.73. The van der Waals surface area contributed by atoms with E-state index in [4.69, 9.17) is 18.9 Å². The number of aromatic nitrogens is 3. The highest BCUT2D eigenvalue weighted by molar-refractivity contribution is 7.99. The van der Waals surface area contributed by atoms with Crippen LogP contribution in [-0.2, 0) is 16.1 Å². The standard InChI is InChI=1S/C18H23N3O5S/c1-6-8-21-17(19-20-18(21)27-11-15(22)26-7-2)12-9-13(23-3)16(25-5)14(10-12)24-4/h6,9-10H,1,7-8,11H2,2-5H3. The Morgan fingerprint density at radius 2 is 1.85 bits per heavy atom. The molecule has 2 rings (SSSR count). The van der Waals surface area contributed by atoms with Crippen molar-refractivity contribution in [2.75, 3.05) is 33.7 Å². The number of carbonyl (C=O) groups excluding carboxylic acids is 1. The van der Waals surface area contributed by atoms with Crippen LogP contribution in [0.4, 0.5) is 0 Å². The largest absolute Gasteiger partial charge is 0.493 e. The van der Waals surface area contributed by atoms with Crippen molar-refractivity contribution in [1.29, 1.82) is 0 Å². The highest BCUT2D eigenvalue weighted by atomic mass is 32.2. The SMILES string of the molecule is C=CCn1c(SCC(=O)OCC)nnc1-c1cc(OC)c(OC)c(OC)c1. The Labute approximate surface area is 162 Å². The molecule has 1 aromatic heterocycles. The number of ether oxygens (including phenoxy) is 4. The van der Waals surface area contributed by atoms with Crippen molar-refractivity contribution in [3.05, 3.63) is 24.8 Å². The lowest BCUT2D eigenvalue weighted by Gasteiger charge is -2.14. The lowest BCUT2D eigenvalue weighted by molar-refractivity contribution is -0.139. The van der Waals surface area contributed by atoms with Crippen LogP contribution in [0.5, 0.6) is 17.2 Å². The van der Waals surface area contributed by atoms with Crippen molar-refractivity contribution in [2.24, 2.45) is 0 Å². The van der Waals surface area contributed by atoms with Crippen molar-refractivity contribution < 1.29 is 23.7 Å². The average molecular weight is 393 g/mol. The zero-order chi connectivity index (χ0) is 19.8. The Bertz CT molecular complexity index is 781. The highest BCUT2D eigenvalue weighted by Crippen LogP contribution is 2.41. The molecule has 9 heteroatoms. The molecule has 0 N–H and O–H groups in total. The van der Waals surface area contributed by atoms with Crippen molar-refractivity contribution in [2.45, 2.75) is 18.6 Å². The molecule has 0 saturated heterocycles. The van der Waals surface area contributed by atoms with Crippen LogP contribution in [0.3, 0.4) is 0 Å². The number of thioether (sulfide) groups is 1. The smallest absolute Gasteiger partial charge is 0.316 e. The summed E-state index contributed by atoms with van der Waals surface area (Å²) in [7, 11) is 4.65. The van der Waals surface area contributed by atoms with E-state index < -0.39 is 0 Å². The van der Waals surface area contributed by atoms with Gasteiger partial charge in [-0.1, -0.05) is 17.8 Å². The third-order valence-electron chi connectivity index (χ3n) is 3.58. The van der Waals surface area contributed by atoms with E-state index in [1.165, 1.54) is 11.8 Å². The maximum atomic E-state index is 11.6. The molecule has 0 fully saturated rings. The van der Waals surface area contributed by atoms with Gasteiger partial charge < -0.3 is 18.9 Å². The summed E-state index contributed by atoms with van der Waals surface area (Å²) in [5.74, 6) is 1.97. The number of hydrogen-bond acceptors (Lipinski definition) is 8. The van der Waals surface area contributed by atoms with Crippen LogP contribution < -0.4 is 14.2 Å². The number of carbonyl (C=O) groups is 1. The number of esters is 1. The van der Waals surface area contributed by atoms with E-state index in [1.54, 1.807) is 46.5 Å². The molecule has 8 nitrogen and oxygen atoms in total. The van der Waals surface area contributed by atoms with Gasteiger partial charge in [0, 0.05) is 12.1 Å². The zero-order valence-corrected chi connectivity index (χ0v) is 16.7. The average Bonchev–Trinajstić information content (AvgIpc) is 3.08. The van der Waals surface area contributed by atoms with Gasteiger partial charge in [-0.05, 0) is 19.1 Å². The third-order valence-corrected chi connectivity index (χ3v) is 4.52. The summed E-state index contributed by atoms with van der Waals surface area (Å²) in [5, 5.41) is 9.07. The summed E-state index contributed by atoms with van der Waals surface area (Å²) in [5.41, 5.74) is 0.738. The van der Waals surface area contributed by atoms with E-state index in [-0.39, 0.29) is 11.7 Å². The summed E-state index contributed by atoms with van der Waals surface area (Å²) in [6.45, 7) is 6.37. The van der Waals surface area contributed by atoms with Crippen LogP contribution in [-0.4, -0.2) is 54.4 Å². The number of hydrogen-bond donors (Lipinski definition) is 0. The van der Waals surface area contributed by atoms with Crippen LogP contribution >= 0.6 is 11.8 Å². The minimum atomic E-state index is -0.301. The second kappa shape index (κ2) is 9.86. The number of rotatable bonds is 10. The fourth-order valence-electron chi connectivity index (χ4n) is 2.44. The fraction of sp³-hybridized carbons (Fsp3) is 0.389. The van der Waals surface area contributed by atoms with Crippen LogP contribution in [0.15, 0.2) is 29.9 Å². The van der Waals surface area contributed by atoms with Gasteiger partial charge in [-0.15, -0.1) is 16.8 Å². The Morgan fingerprint density at radius 1 is 1.19 bits per heavy atom. The van der Waals surface area contributed by atoms with E-state index in [1.807, 2.05) is 4.57 Å². The van der Waals surface area contributed by atoms with Gasteiger partial charge in [0.15, 0.2) is 22.5 Å². The van der Waals surface area contributed by atoms with Crippen molar-refractivity contribution >= 4 is 17.7 Å². The summed E-state index contributed by atoms with van der Waals surface area (Å²) in [6.07, 6.45) is 1.74. The molecule has 0 amide bonds. The number of methoxy groups -OCH3 is 3. The first-order chi connectivity index (χ1) is 13.1. The Morgan fingerprint density at radius 3 is 2.37 bits per heavy atom. The molecule has 0 spiro atoms. The van der Waals surface area contributed by atoms with Crippen LogP contribution in [0.1, 0.15) is 6.92 Å². The minimum absolute atomic E-state index is 0.151. The second-order valence-corrected chi connectivity index (χ2v) is 6.16. The highest BCUT2D eigenvalue weighted by Gasteiger charge is 2.20. The summed E-state index contributed by atoms with van der Waals surface area (Å²) < 4.78 is 23.0. The summed E-state index contributed by atoms with van der Waals surface area (Å²) >= 11 is 1.26. The summed E-state index contributed by atoms with van der Waals surface area (Å²) in [6, 6.07) is 3.59. The first-order valence-electron chi connectivity index (χ1n) is 8.22. The van der Waals surface area contributed by atoms with Crippen molar-refractivity contribution in [1.82, 2.24) is 14.8 Å². The van der Waals surface area contributed by atoms with Crippen molar-refractivity contribution in [3.63, 3.8) is 0 Å². The van der Waals surface area contributed by atoms with E-state index in [0.29, 0.717) is 41.4 Å². The first-order valence-corrected chi connectivity index (χ1v) is 9.20. The molecule has 146 valence electrons. The Balaban J connectivity index is 2.43. The van der Waals surface area contributed by atoms with E-state index in [0.717, 1.165) is 5.56 Å². The van der Waals surface area contributed by atoms with Gasteiger partial charge in [-0.25, -0.2) is 0 Å². The molecule has 0 unspecified atom stereocenters.